The van der Waals surface area contributed by atoms with E-state index in [1.54, 1.807) is 13.0 Å². The van der Waals surface area contributed by atoms with Crippen molar-refractivity contribution in [1.82, 2.24) is 4.57 Å². The molecule has 100 valence electrons. The van der Waals surface area contributed by atoms with Gasteiger partial charge >= 0.3 is 0 Å². The van der Waals surface area contributed by atoms with Gasteiger partial charge in [-0.05, 0) is 57.0 Å². The average molecular weight is 393 g/mol. The van der Waals surface area contributed by atoms with Gasteiger partial charge in [-0.2, -0.15) is 0 Å². The van der Waals surface area contributed by atoms with E-state index < -0.39 is 11.6 Å². The molecule has 0 saturated heterocycles. The molecule has 0 aliphatic rings. The maximum Gasteiger partial charge on any atom is 0.253 e. The number of halogens is 4. The molecule has 0 amide bonds. The third-order valence-corrected chi connectivity index (χ3v) is 3.75. The predicted molar refractivity (Wildman–Crippen MR) is 76.3 cm³/mol. The average Bonchev–Trinajstić information content (AvgIpc) is 2.35. The van der Waals surface area contributed by atoms with Gasteiger partial charge in [-0.1, -0.05) is 0 Å². The number of benzene rings is 1. The minimum absolute atomic E-state index is 0.144. The summed E-state index contributed by atoms with van der Waals surface area (Å²) < 4.78 is 29.7. The normalized spacial score (nSPS) is 10.8. The van der Waals surface area contributed by atoms with Crippen LogP contribution in [0, 0.1) is 18.6 Å². The lowest BCUT2D eigenvalue weighted by Gasteiger charge is -2.10. The molecular formula is C13H9Br2F2NO. The lowest BCUT2D eigenvalue weighted by Crippen LogP contribution is -2.23. The van der Waals surface area contributed by atoms with Crippen LogP contribution in [0.5, 0.6) is 0 Å². The van der Waals surface area contributed by atoms with Crippen LogP contribution in [0.3, 0.4) is 0 Å². The van der Waals surface area contributed by atoms with Gasteiger partial charge in [-0.15, -0.1) is 0 Å². The van der Waals surface area contributed by atoms with E-state index in [2.05, 4.69) is 31.9 Å². The first-order valence-electron chi connectivity index (χ1n) is 5.39. The molecule has 0 N–H and O–H groups in total. The van der Waals surface area contributed by atoms with Crippen LogP contribution in [-0.2, 0) is 6.54 Å². The summed E-state index contributed by atoms with van der Waals surface area (Å²) in [4.78, 5) is 11.9. The first-order chi connectivity index (χ1) is 8.90. The Labute approximate surface area is 125 Å². The van der Waals surface area contributed by atoms with Crippen LogP contribution in [0.1, 0.15) is 11.1 Å². The molecule has 0 aliphatic carbocycles. The fourth-order valence-corrected chi connectivity index (χ4v) is 2.70. The highest BCUT2D eigenvalue weighted by molar-refractivity contribution is 9.10. The minimum atomic E-state index is -0.690. The van der Waals surface area contributed by atoms with E-state index in [1.807, 2.05) is 0 Å². The first-order valence-corrected chi connectivity index (χ1v) is 6.97. The fraction of sp³-hybridized carbons (Fsp3) is 0.154. The summed E-state index contributed by atoms with van der Waals surface area (Å²) in [5.74, 6) is -1.37. The summed E-state index contributed by atoms with van der Waals surface area (Å²) in [7, 11) is 0. The van der Waals surface area contributed by atoms with E-state index in [-0.39, 0.29) is 22.1 Å². The molecule has 0 fully saturated rings. The van der Waals surface area contributed by atoms with Gasteiger partial charge in [0.1, 0.15) is 11.6 Å². The zero-order valence-electron chi connectivity index (χ0n) is 9.88. The minimum Gasteiger partial charge on any atom is -0.310 e. The van der Waals surface area contributed by atoms with E-state index >= 15 is 0 Å². The number of rotatable bonds is 2. The summed E-state index contributed by atoms with van der Waals surface area (Å²) >= 11 is 6.26. The second-order valence-corrected chi connectivity index (χ2v) is 5.87. The highest BCUT2D eigenvalue weighted by Crippen LogP contribution is 2.22. The Morgan fingerprint density at radius 2 is 1.95 bits per heavy atom. The molecule has 2 nitrogen and oxygen atoms in total. The largest absolute Gasteiger partial charge is 0.310 e. The molecule has 0 radical (unpaired) electrons. The number of hydrogen-bond acceptors (Lipinski definition) is 1. The first kappa shape index (κ1) is 14.4. The van der Waals surface area contributed by atoms with E-state index in [9.17, 15) is 13.6 Å². The molecule has 0 bridgehead atoms. The molecule has 2 rings (SSSR count). The van der Waals surface area contributed by atoms with Crippen LogP contribution in [0.4, 0.5) is 8.78 Å². The standard InChI is InChI=1S/C13H9Br2F2NO/c1-7-4-8(14)5-18(13(7)19)6-9-11(16)3-2-10(15)12(9)17/h2-5H,6H2,1H3. The van der Waals surface area contributed by atoms with Crippen LogP contribution < -0.4 is 5.56 Å². The molecule has 1 aromatic heterocycles. The van der Waals surface area contributed by atoms with Crippen molar-refractivity contribution in [3.8, 4) is 0 Å². The van der Waals surface area contributed by atoms with Crippen molar-refractivity contribution >= 4 is 31.9 Å². The third kappa shape index (κ3) is 2.95. The number of pyridine rings is 1. The molecule has 0 aliphatic heterocycles. The Morgan fingerprint density at radius 1 is 1.26 bits per heavy atom. The van der Waals surface area contributed by atoms with Crippen LogP contribution in [-0.4, -0.2) is 4.57 Å². The SMILES string of the molecule is Cc1cc(Br)cn(Cc2c(F)ccc(Br)c2F)c1=O. The van der Waals surface area contributed by atoms with Crippen LogP contribution in [0.25, 0.3) is 0 Å². The molecule has 0 saturated carbocycles. The molecule has 0 spiro atoms. The lowest BCUT2D eigenvalue weighted by molar-refractivity contribution is 0.537. The van der Waals surface area contributed by atoms with Gasteiger partial charge in [-0.3, -0.25) is 4.79 Å². The second-order valence-electron chi connectivity index (χ2n) is 4.10. The number of aryl methyl sites for hydroxylation is 1. The Kier molecular flexibility index (Phi) is 4.20. The van der Waals surface area contributed by atoms with E-state index in [1.165, 1.54) is 22.9 Å². The van der Waals surface area contributed by atoms with Crippen LogP contribution >= 0.6 is 31.9 Å². The molecule has 1 aromatic carbocycles. The molecule has 1 heterocycles. The van der Waals surface area contributed by atoms with Crippen molar-refractivity contribution in [3.05, 3.63) is 66.5 Å². The van der Waals surface area contributed by atoms with Crippen molar-refractivity contribution in [1.29, 1.82) is 0 Å². The van der Waals surface area contributed by atoms with Crippen molar-refractivity contribution < 1.29 is 8.78 Å². The molecule has 0 atom stereocenters. The van der Waals surface area contributed by atoms with Gasteiger partial charge in [0.15, 0.2) is 0 Å². The monoisotopic (exact) mass is 391 g/mol. The van der Waals surface area contributed by atoms with Crippen molar-refractivity contribution in [3.63, 3.8) is 0 Å². The Hall–Kier alpha value is -1.01. The van der Waals surface area contributed by atoms with Crippen LogP contribution in [0.2, 0.25) is 0 Å². The van der Waals surface area contributed by atoms with Gasteiger partial charge in [0, 0.05) is 21.8 Å². The lowest BCUT2D eigenvalue weighted by atomic mass is 10.2. The van der Waals surface area contributed by atoms with E-state index in [4.69, 9.17) is 0 Å². The van der Waals surface area contributed by atoms with Gasteiger partial charge < -0.3 is 4.57 Å². The second kappa shape index (κ2) is 5.54. The highest BCUT2D eigenvalue weighted by atomic mass is 79.9. The van der Waals surface area contributed by atoms with Crippen molar-refractivity contribution in [2.24, 2.45) is 0 Å². The summed E-state index contributed by atoms with van der Waals surface area (Å²) in [6, 6.07) is 4.12. The molecule has 19 heavy (non-hydrogen) atoms. The van der Waals surface area contributed by atoms with E-state index in [0.29, 0.717) is 10.0 Å². The maximum absolute atomic E-state index is 13.9. The summed E-state index contributed by atoms with van der Waals surface area (Å²) in [5.41, 5.74) is 0.0844. The van der Waals surface area contributed by atoms with Crippen LogP contribution in [0.15, 0.2) is 38.1 Å². The molecule has 6 heteroatoms. The Bertz CT molecular complexity index is 698. The zero-order chi connectivity index (χ0) is 14.2. The summed E-state index contributed by atoms with van der Waals surface area (Å²) in [6.45, 7) is 1.49. The number of hydrogen-bond donors (Lipinski definition) is 0. The van der Waals surface area contributed by atoms with E-state index in [0.717, 1.165) is 0 Å². The highest BCUT2D eigenvalue weighted by Gasteiger charge is 2.14. The fourth-order valence-electron chi connectivity index (χ4n) is 1.74. The van der Waals surface area contributed by atoms with Gasteiger partial charge in [0.2, 0.25) is 0 Å². The maximum atomic E-state index is 13.9. The topological polar surface area (TPSA) is 22.0 Å². The molecule has 2 aromatic rings. The van der Waals surface area contributed by atoms with Crippen molar-refractivity contribution in [2.75, 3.05) is 0 Å². The number of nitrogens with zero attached hydrogens (tertiary/aromatic N) is 1. The van der Waals surface area contributed by atoms with Gasteiger partial charge in [0.05, 0.1) is 11.0 Å². The smallest absolute Gasteiger partial charge is 0.253 e. The van der Waals surface area contributed by atoms with Crippen molar-refractivity contribution in [2.45, 2.75) is 13.5 Å². The molecular weight excluding hydrogens is 384 g/mol. The van der Waals surface area contributed by atoms with Gasteiger partial charge in [0.25, 0.3) is 5.56 Å². The zero-order valence-corrected chi connectivity index (χ0v) is 13.1. The third-order valence-electron chi connectivity index (χ3n) is 2.70. The number of aromatic nitrogens is 1. The summed E-state index contributed by atoms with van der Waals surface area (Å²) in [5, 5.41) is 0. The molecule has 0 unspecified atom stereocenters. The van der Waals surface area contributed by atoms with Gasteiger partial charge in [-0.25, -0.2) is 8.78 Å². The Morgan fingerprint density at radius 3 is 2.63 bits per heavy atom. The predicted octanol–water partition coefficient (Wildman–Crippen LogP) is 4.01. The quantitative estimate of drug-likeness (QED) is 0.708. The Balaban J connectivity index is 2.54. The summed E-state index contributed by atoms with van der Waals surface area (Å²) in [6.07, 6.45) is 1.51.